The van der Waals surface area contributed by atoms with E-state index in [2.05, 4.69) is 0 Å². The molecule has 30 heavy (non-hydrogen) atoms. The van der Waals surface area contributed by atoms with Crippen LogP contribution in [0.4, 0.5) is 0 Å². The Morgan fingerprint density at radius 1 is 0.900 bits per heavy atom. The topological polar surface area (TPSA) is 56.5 Å². The first-order chi connectivity index (χ1) is 14.7. The maximum absolute atomic E-state index is 10.6. The van der Waals surface area contributed by atoms with E-state index in [4.69, 9.17) is 26.1 Å². The molecule has 1 heterocycles. The molecule has 154 valence electrons. The Balaban J connectivity index is 1.41. The van der Waals surface area contributed by atoms with Crippen LogP contribution in [0.5, 0.6) is 5.75 Å². The molecule has 6 heteroatoms. The molecule has 1 unspecified atom stereocenters. The fourth-order valence-corrected chi connectivity index (χ4v) is 3.39. The van der Waals surface area contributed by atoms with E-state index >= 15 is 0 Å². The zero-order chi connectivity index (χ0) is 20.8. The van der Waals surface area contributed by atoms with Gasteiger partial charge in [-0.05, 0) is 42.0 Å². The SMILES string of the molecule is OC(COCc1ccc(Cl)cc1)Cn1c(COc2ccccc2)nc2ccccc21. The summed E-state index contributed by atoms with van der Waals surface area (Å²) < 4.78 is 13.6. The molecule has 0 aliphatic carbocycles. The first-order valence-corrected chi connectivity index (χ1v) is 10.2. The molecule has 1 aromatic heterocycles. The van der Waals surface area contributed by atoms with Crippen molar-refractivity contribution in [3.63, 3.8) is 0 Å². The summed E-state index contributed by atoms with van der Waals surface area (Å²) >= 11 is 5.90. The van der Waals surface area contributed by atoms with Gasteiger partial charge in [0.2, 0.25) is 0 Å². The average Bonchev–Trinajstić information content (AvgIpc) is 3.12. The van der Waals surface area contributed by atoms with Crippen LogP contribution in [0.2, 0.25) is 5.02 Å². The van der Waals surface area contributed by atoms with Gasteiger partial charge in [0.1, 0.15) is 18.2 Å². The molecular formula is C24H23ClN2O3. The molecule has 0 bridgehead atoms. The zero-order valence-electron chi connectivity index (χ0n) is 16.4. The maximum atomic E-state index is 10.6. The number of para-hydroxylation sites is 3. The molecule has 0 aliphatic heterocycles. The number of nitrogens with zero attached hydrogens (tertiary/aromatic N) is 2. The number of fused-ring (bicyclic) bond motifs is 1. The predicted molar refractivity (Wildman–Crippen MR) is 118 cm³/mol. The van der Waals surface area contributed by atoms with Crippen LogP contribution in [0.3, 0.4) is 0 Å². The van der Waals surface area contributed by atoms with Crippen molar-refractivity contribution in [2.24, 2.45) is 0 Å². The van der Waals surface area contributed by atoms with Crippen molar-refractivity contribution in [3.05, 3.63) is 95.3 Å². The second-order valence-electron chi connectivity index (χ2n) is 7.02. The second kappa shape index (κ2) is 9.76. The highest BCUT2D eigenvalue weighted by molar-refractivity contribution is 6.30. The third kappa shape index (κ3) is 5.19. The lowest BCUT2D eigenvalue weighted by Crippen LogP contribution is -2.23. The smallest absolute Gasteiger partial charge is 0.148 e. The number of hydrogen-bond acceptors (Lipinski definition) is 4. The average molecular weight is 423 g/mol. The zero-order valence-corrected chi connectivity index (χ0v) is 17.2. The second-order valence-corrected chi connectivity index (χ2v) is 7.46. The van der Waals surface area contributed by atoms with Gasteiger partial charge in [0.25, 0.3) is 0 Å². The normalized spacial score (nSPS) is 12.2. The van der Waals surface area contributed by atoms with Gasteiger partial charge in [-0.15, -0.1) is 0 Å². The minimum atomic E-state index is -0.676. The fraction of sp³-hybridized carbons (Fsp3) is 0.208. The van der Waals surface area contributed by atoms with Crippen molar-refractivity contribution in [1.82, 2.24) is 9.55 Å². The fourth-order valence-electron chi connectivity index (χ4n) is 3.26. The lowest BCUT2D eigenvalue weighted by Gasteiger charge is -2.15. The lowest BCUT2D eigenvalue weighted by atomic mass is 10.2. The van der Waals surface area contributed by atoms with E-state index in [-0.39, 0.29) is 6.61 Å². The van der Waals surface area contributed by atoms with E-state index in [1.807, 2.05) is 83.4 Å². The first kappa shape index (κ1) is 20.4. The van der Waals surface area contributed by atoms with Gasteiger partial charge >= 0.3 is 0 Å². The molecule has 4 rings (SSSR count). The Bertz CT molecular complexity index is 1080. The van der Waals surface area contributed by atoms with Gasteiger partial charge in [0.05, 0.1) is 36.9 Å². The Kier molecular flexibility index (Phi) is 6.64. The lowest BCUT2D eigenvalue weighted by molar-refractivity contribution is 0.0202. The minimum Gasteiger partial charge on any atom is -0.486 e. The molecule has 5 nitrogen and oxygen atoms in total. The molecule has 0 spiro atoms. The number of hydrogen-bond donors (Lipinski definition) is 1. The van der Waals surface area contributed by atoms with Crippen molar-refractivity contribution in [2.45, 2.75) is 25.9 Å². The molecule has 1 N–H and O–H groups in total. The third-order valence-corrected chi connectivity index (χ3v) is 4.98. The Morgan fingerprint density at radius 2 is 1.63 bits per heavy atom. The van der Waals surface area contributed by atoms with Gasteiger partial charge in [0, 0.05) is 5.02 Å². The van der Waals surface area contributed by atoms with E-state index in [0.717, 1.165) is 28.2 Å². The summed E-state index contributed by atoms with van der Waals surface area (Å²) in [6.45, 7) is 1.32. The number of halogens is 1. The first-order valence-electron chi connectivity index (χ1n) is 9.81. The van der Waals surface area contributed by atoms with Crippen molar-refractivity contribution >= 4 is 22.6 Å². The maximum Gasteiger partial charge on any atom is 0.148 e. The Hall–Kier alpha value is -2.86. The van der Waals surface area contributed by atoms with E-state index in [9.17, 15) is 5.11 Å². The van der Waals surface area contributed by atoms with E-state index < -0.39 is 6.10 Å². The molecule has 0 amide bonds. The van der Waals surface area contributed by atoms with Crippen molar-refractivity contribution in [2.75, 3.05) is 6.61 Å². The summed E-state index contributed by atoms with van der Waals surface area (Å²) in [4.78, 5) is 4.69. The highest BCUT2D eigenvalue weighted by Gasteiger charge is 2.15. The number of ether oxygens (including phenoxy) is 2. The van der Waals surface area contributed by atoms with Crippen LogP contribution in [0.25, 0.3) is 11.0 Å². The summed E-state index contributed by atoms with van der Waals surface area (Å²) in [6.07, 6.45) is -0.676. The van der Waals surface area contributed by atoms with Crippen LogP contribution in [-0.2, 0) is 24.5 Å². The Labute approximate surface area is 180 Å². The minimum absolute atomic E-state index is 0.216. The summed E-state index contributed by atoms with van der Waals surface area (Å²) in [6, 6.07) is 25.0. The van der Waals surface area contributed by atoms with E-state index in [1.54, 1.807) is 0 Å². The molecule has 0 saturated carbocycles. The summed E-state index contributed by atoms with van der Waals surface area (Å²) in [7, 11) is 0. The molecule has 4 aromatic rings. The number of aromatic nitrogens is 2. The number of benzene rings is 3. The summed E-state index contributed by atoms with van der Waals surface area (Å²) in [5.41, 5.74) is 2.84. The van der Waals surface area contributed by atoms with Crippen LogP contribution in [0.15, 0.2) is 78.9 Å². The molecule has 3 aromatic carbocycles. The molecule has 0 fully saturated rings. The quantitative estimate of drug-likeness (QED) is 0.419. The van der Waals surface area contributed by atoms with Gasteiger partial charge in [-0.1, -0.05) is 54.1 Å². The number of rotatable bonds is 9. The number of aliphatic hydroxyl groups excluding tert-OH is 1. The van der Waals surface area contributed by atoms with Gasteiger partial charge in [-0.25, -0.2) is 4.98 Å². The standard InChI is InChI=1S/C24H23ClN2O3/c25-19-12-10-18(11-13-19)15-29-16-20(28)14-27-23-9-5-4-8-22(23)26-24(27)17-30-21-6-2-1-3-7-21/h1-13,20,28H,14-17H2. The van der Waals surface area contributed by atoms with Crippen LogP contribution in [-0.4, -0.2) is 27.4 Å². The highest BCUT2D eigenvalue weighted by atomic mass is 35.5. The van der Waals surface area contributed by atoms with Crippen LogP contribution < -0.4 is 4.74 Å². The van der Waals surface area contributed by atoms with Crippen LogP contribution >= 0.6 is 11.6 Å². The Morgan fingerprint density at radius 3 is 2.43 bits per heavy atom. The van der Waals surface area contributed by atoms with E-state index in [0.29, 0.717) is 24.8 Å². The van der Waals surface area contributed by atoms with Crippen LogP contribution in [0, 0.1) is 0 Å². The van der Waals surface area contributed by atoms with Crippen molar-refractivity contribution in [3.8, 4) is 5.75 Å². The van der Waals surface area contributed by atoms with Crippen molar-refractivity contribution in [1.29, 1.82) is 0 Å². The number of aliphatic hydroxyl groups is 1. The van der Waals surface area contributed by atoms with Crippen LogP contribution in [0.1, 0.15) is 11.4 Å². The van der Waals surface area contributed by atoms with Gasteiger partial charge in [-0.2, -0.15) is 0 Å². The molecule has 1 atom stereocenters. The van der Waals surface area contributed by atoms with Gasteiger partial charge in [0.15, 0.2) is 0 Å². The summed E-state index contributed by atoms with van der Waals surface area (Å²) in [5.74, 6) is 1.54. The molecule has 0 saturated heterocycles. The van der Waals surface area contributed by atoms with Crippen molar-refractivity contribution < 1.29 is 14.6 Å². The summed E-state index contributed by atoms with van der Waals surface area (Å²) in [5, 5.41) is 11.3. The monoisotopic (exact) mass is 422 g/mol. The molecule has 0 radical (unpaired) electrons. The predicted octanol–water partition coefficient (Wildman–Crippen LogP) is 4.85. The number of imidazole rings is 1. The highest BCUT2D eigenvalue weighted by Crippen LogP contribution is 2.19. The van der Waals surface area contributed by atoms with E-state index in [1.165, 1.54) is 0 Å². The largest absolute Gasteiger partial charge is 0.486 e. The third-order valence-electron chi connectivity index (χ3n) is 4.73. The van der Waals surface area contributed by atoms with Gasteiger partial charge < -0.3 is 19.1 Å². The molecular weight excluding hydrogens is 400 g/mol. The van der Waals surface area contributed by atoms with Gasteiger partial charge in [-0.3, -0.25) is 0 Å². The molecule has 0 aliphatic rings.